The van der Waals surface area contributed by atoms with Crippen molar-refractivity contribution in [2.45, 2.75) is 25.3 Å². The number of pyridine rings is 1. The molecule has 6 nitrogen and oxygen atoms in total. The average molecular weight is 313 g/mol. The highest BCUT2D eigenvalue weighted by Gasteiger charge is 2.31. The molecule has 0 spiro atoms. The molecule has 2 aliphatic rings. The van der Waals surface area contributed by atoms with Gasteiger partial charge in [-0.05, 0) is 31.5 Å². The Balaban J connectivity index is 1.56. The van der Waals surface area contributed by atoms with Gasteiger partial charge >= 0.3 is 0 Å². The minimum Gasteiger partial charge on any atom is -0.350 e. The number of anilines is 1. The van der Waals surface area contributed by atoms with E-state index in [-0.39, 0.29) is 5.91 Å². The third-order valence-corrected chi connectivity index (χ3v) is 4.83. The number of nitrogens with zero attached hydrogens (tertiary/aromatic N) is 5. The zero-order chi connectivity index (χ0) is 16.2. The number of carbonyl (C=O) groups is 1. The van der Waals surface area contributed by atoms with E-state index in [2.05, 4.69) is 16.0 Å². The van der Waals surface area contributed by atoms with Gasteiger partial charge < -0.3 is 9.80 Å². The molecular weight excluding hydrogens is 290 g/mol. The lowest BCUT2D eigenvalue weighted by atomic mass is 9.99. The van der Waals surface area contributed by atoms with E-state index >= 15 is 0 Å². The summed E-state index contributed by atoms with van der Waals surface area (Å²) in [6.45, 7) is 4.18. The molecule has 0 aliphatic carbocycles. The SMILES string of the molecule is CN(CC(=O)N1CCN2CCCCC2C1)c1ccc(C#N)cn1. The van der Waals surface area contributed by atoms with Crippen LogP contribution in [0.15, 0.2) is 18.3 Å². The van der Waals surface area contributed by atoms with Crippen molar-refractivity contribution in [3.8, 4) is 6.07 Å². The lowest BCUT2D eigenvalue weighted by Crippen LogP contribution is -2.57. The number of rotatable bonds is 3. The van der Waals surface area contributed by atoms with E-state index in [9.17, 15) is 4.79 Å². The van der Waals surface area contributed by atoms with E-state index in [0.29, 0.717) is 24.0 Å². The number of likely N-dealkylation sites (N-methyl/N-ethyl adjacent to an activating group) is 1. The minimum absolute atomic E-state index is 0.156. The van der Waals surface area contributed by atoms with Crippen LogP contribution in [0.2, 0.25) is 0 Å². The topological polar surface area (TPSA) is 63.5 Å². The molecule has 2 aliphatic heterocycles. The maximum atomic E-state index is 12.6. The molecule has 0 bridgehead atoms. The second-order valence-electron chi connectivity index (χ2n) is 6.40. The number of hydrogen-bond acceptors (Lipinski definition) is 5. The number of nitriles is 1. The number of hydrogen-bond donors (Lipinski definition) is 0. The predicted molar refractivity (Wildman–Crippen MR) is 88.0 cm³/mol. The smallest absolute Gasteiger partial charge is 0.242 e. The van der Waals surface area contributed by atoms with Crippen LogP contribution in [-0.2, 0) is 4.79 Å². The van der Waals surface area contributed by atoms with Crippen LogP contribution in [0.3, 0.4) is 0 Å². The molecule has 0 saturated carbocycles. The zero-order valence-corrected chi connectivity index (χ0v) is 13.6. The van der Waals surface area contributed by atoms with Crippen LogP contribution in [0.1, 0.15) is 24.8 Å². The summed E-state index contributed by atoms with van der Waals surface area (Å²) < 4.78 is 0. The van der Waals surface area contributed by atoms with Crippen molar-refractivity contribution in [3.63, 3.8) is 0 Å². The third-order valence-electron chi connectivity index (χ3n) is 4.83. The Labute approximate surface area is 137 Å². The van der Waals surface area contributed by atoms with E-state index in [1.165, 1.54) is 32.0 Å². The maximum absolute atomic E-state index is 12.6. The van der Waals surface area contributed by atoms with Gasteiger partial charge in [0, 0.05) is 38.9 Å². The highest BCUT2D eigenvalue weighted by Crippen LogP contribution is 2.21. The highest BCUT2D eigenvalue weighted by molar-refractivity contribution is 5.81. The Hall–Kier alpha value is -2.13. The molecule has 0 radical (unpaired) electrons. The molecule has 1 aromatic rings. The van der Waals surface area contributed by atoms with E-state index in [4.69, 9.17) is 5.26 Å². The van der Waals surface area contributed by atoms with Gasteiger partial charge in [0.05, 0.1) is 12.1 Å². The van der Waals surface area contributed by atoms with E-state index in [1.54, 1.807) is 12.1 Å². The summed E-state index contributed by atoms with van der Waals surface area (Å²) in [5.74, 6) is 0.873. The van der Waals surface area contributed by atoms with Crippen LogP contribution in [0.5, 0.6) is 0 Å². The van der Waals surface area contributed by atoms with Crippen LogP contribution in [-0.4, -0.2) is 66.5 Å². The lowest BCUT2D eigenvalue weighted by molar-refractivity contribution is -0.133. The molecule has 3 heterocycles. The third kappa shape index (κ3) is 3.62. The molecule has 1 unspecified atom stereocenters. The Morgan fingerprint density at radius 2 is 2.26 bits per heavy atom. The summed E-state index contributed by atoms with van der Waals surface area (Å²) in [7, 11) is 1.86. The average Bonchev–Trinajstić information content (AvgIpc) is 2.61. The molecule has 2 saturated heterocycles. The number of piperidine rings is 1. The van der Waals surface area contributed by atoms with Gasteiger partial charge in [0.2, 0.25) is 5.91 Å². The molecule has 6 heteroatoms. The van der Waals surface area contributed by atoms with Gasteiger partial charge in [-0.2, -0.15) is 5.26 Å². The Kier molecular flexibility index (Phi) is 4.77. The lowest BCUT2D eigenvalue weighted by Gasteiger charge is -2.44. The fourth-order valence-electron chi connectivity index (χ4n) is 3.44. The Bertz CT molecular complexity index is 594. The molecule has 3 rings (SSSR count). The number of carbonyl (C=O) groups excluding carboxylic acids is 1. The van der Waals surface area contributed by atoms with Crippen LogP contribution in [0.4, 0.5) is 5.82 Å². The second-order valence-corrected chi connectivity index (χ2v) is 6.40. The second kappa shape index (κ2) is 6.97. The van der Waals surface area contributed by atoms with Gasteiger partial charge in [-0.3, -0.25) is 9.69 Å². The first-order chi connectivity index (χ1) is 11.2. The number of amides is 1. The maximum Gasteiger partial charge on any atom is 0.242 e. The molecule has 2 fully saturated rings. The molecule has 1 amide bonds. The molecular formula is C17H23N5O. The van der Waals surface area contributed by atoms with Gasteiger partial charge in [-0.15, -0.1) is 0 Å². The summed E-state index contributed by atoms with van der Waals surface area (Å²) in [6.07, 6.45) is 5.31. The van der Waals surface area contributed by atoms with E-state index < -0.39 is 0 Å². The molecule has 23 heavy (non-hydrogen) atoms. The first-order valence-corrected chi connectivity index (χ1v) is 8.26. The zero-order valence-electron chi connectivity index (χ0n) is 13.6. The standard InChI is InChI=1S/C17H23N5O/c1-20(16-6-5-14(10-18)11-19-16)13-17(23)22-9-8-21-7-3-2-4-15(21)12-22/h5-6,11,15H,2-4,7-9,12-13H2,1H3. The summed E-state index contributed by atoms with van der Waals surface area (Å²) in [5.41, 5.74) is 0.530. The highest BCUT2D eigenvalue weighted by atomic mass is 16.2. The van der Waals surface area contributed by atoms with Crippen molar-refractivity contribution < 1.29 is 4.79 Å². The Morgan fingerprint density at radius 3 is 3.00 bits per heavy atom. The number of piperazine rings is 1. The molecule has 0 N–H and O–H groups in total. The summed E-state index contributed by atoms with van der Waals surface area (Å²) in [5, 5.41) is 8.81. The van der Waals surface area contributed by atoms with E-state index in [0.717, 1.165) is 19.6 Å². The minimum atomic E-state index is 0.156. The van der Waals surface area contributed by atoms with Crippen LogP contribution < -0.4 is 4.90 Å². The van der Waals surface area contributed by atoms with Crippen LogP contribution in [0.25, 0.3) is 0 Å². The summed E-state index contributed by atoms with van der Waals surface area (Å²) in [4.78, 5) is 23.2. The quantitative estimate of drug-likeness (QED) is 0.836. The monoisotopic (exact) mass is 313 g/mol. The predicted octanol–water partition coefficient (Wildman–Crippen LogP) is 1.09. The Morgan fingerprint density at radius 1 is 1.39 bits per heavy atom. The van der Waals surface area contributed by atoms with Crippen molar-refractivity contribution in [1.82, 2.24) is 14.8 Å². The number of fused-ring (bicyclic) bond motifs is 1. The summed E-state index contributed by atoms with van der Waals surface area (Å²) in [6, 6.07) is 6.10. The van der Waals surface area contributed by atoms with Crippen molar-refractivity contribution in [3.05, 3.63) is 23.9 Å². The van der Waals surface area contributed by atoms with Crippen LogP contribution in [0, 0.1) is 11.3 Å². The van der Waals surface area contributed by atoms with Gasteiger partial charge in [0.25, 0.3) is 0 Å². The molecule has 0 aromatic carbocycles. The van der Waals surface area contributed by atoms with Gasteiger partial charge in [0.1, 0.15) is 11.9 Å². The van der Waals surface area contributed by atoms with Crippen molar-refractivity contribution in [2.24, 2.45) is 0 Å². The first-order valence-electron chi connectivity index (χ1n) is 8.26. The van der Waals surface area contributed by atoms with Crippen molar-refractivity contribution in [1.29, 1.82) is 5.26 Å². The summed E-state index contributed by atoms with van der Waals surface area (Å²) >= 11 is 0. The fraction of sp³-hybridized carbons (Fsp3) is 0.588. The largest absolute Gasteiger partial charge is 0.350 e. The van der Waals surface area contributed by atoms with Gasteiger partial charge in [-0.1, -0.05) is 6.42 Å². The van der Waals surface area contributed by atoms with E-state index in [1.807, 2.05) is 16.8 Å². The van der Waals surface area contributed by atoms with Crippen molar-refractivity contribution >= 4 is 11.7 Å². The first kappa shape index (κ1) is 15.8. The number of aromatic nitrogens is 1. The fourth-order valence-corrected chi connectivity index (χ4v) is 3.44. The van der Waals surface area contributed by atoms with Gasteiger partial charge in [-0.25, -0.2) is 4.98 Å². The van der Waals surface area contributed by atoms with Gasteiger partial charge in [0.15, 0.2) is 0 Å². The van der Waals surface area contributed by atoms with Crippen LogP contribution >= 0.6 is 0 Å². The molecule has 1 aromatic heterocycles. The molecule has 122 valence electrons. The van der Waals surface area contributed by atoms with Crippen molar-refractivity contribution in [2.75, 3.05) is 44.7 Å². The normalized spacial score (nSPS) is 21.4. The molecule has 1 atom stereocenters.